The molecule has 3 heteroatoms. The van der Waals surface area contributed by atoms with Crippen LogP contribution < -0.4 is 5.32 Å². The van der Waals surface area contributed by atoms with Crippen molar-refractivity contribution in [2.75, 3.05) is 6.54 Å². The number of nitrogens with one attached hydrogen (secondary N) is 1. The van der Waals surface area contributed by atoms with Crippen LogP contribution >= 0.6 is 0 Å². The van der Waals surface area contributed by atoms with E-state index in [2.05, 4.69) is 44.3 Å². The summed E-state index contributed by atoms with van der Waals surface area (Å²) in [7, 11) is 1.99. The zero-order valence-electron chi connectivity index (χ0n) is 11.2. The average Bonchev–Trinajstić information content (AvgIpc) is 2.52. The Bertz CT molecular complexity index is 315. The van der Waals surface area contributed by atoms with E-state index in [0.717, 1.165) is 12.2 Å². The molecule has 0 aromatic carbocycles. The Labute approximate surface area is 99.2 Å². The fourth-order valence-corrected chi connectivity index (χ4v) is 2.07. The van der Waals surface area contributed by atoms with Crippen molar-refractivity contribution in [1.29, 1.82) is 0 Å². The van der Waals surface area contributed by atoms with Crippen LogP contribution in [0.1, 0.15) is 50.9 Å². The highest BCUT2D eigenvalue weighted by Gasteiger charge is 2.16. The molecule has 1 aromatic heterocycles. The molecule has 1 aromatic rings. The van der Waals surface area contributed by atoms with Gasteiger partial charge in [0.15, 0.2) is 0 Å². The van der Waals surface area contributed by atoms with Gasteiger partial charge in [-0.05, 0) is 32.2 Å². The molecule has 0 radical (unpaired) electrons. The van der Waals surface area contributed by atoms with Crippen LogP contribution in [0.2, 0.25) is 0 Å². The molecule has 92 valence electrons. The summed E-state index contributed by atoms with van der Waals surface area (Å²) in [4.78, 5) is 0. The Morgan fingerprint density at radius 2 is 2.12 bits per heavy atom. The molecule has 1 unspecified atom stereocenters. The summed E-state index contributed by atoms with van der Waals surface area (Å²) >= 11 is 0. The summed E-state index contributed by atoms with van der Waals surface area (Å²) < 4.78 is 1.91. The van der Waals surface area contributed by atoms with Crippen LogP contribution in [0.3, 0.4) is 0 Å². The molecule has 1 heterocycles. The fraction of sp³-hybridized carbons (Fsp3) is 0.769. The summed E-state index contributed by atoms with van der Waals surface area (Å²) in [5.74, 6) is 0.703. The molecule has 1 atom stereocenters. The van der Waals surface area contributed by atoms with Crippen LogP contribution in [-0.4, -0.2) is 16.3 Å². The van der Waals surface area contributed by atoms with Crippen molar-refractivity contribution in [3.63, 3.8) is 0 Å². The first-order valence-electron chi connectivity index (χ1n) is 6.28. The Balaban J connectivity index is 2.78. The lowest BCUT2D eigenvalue weighted by molar-refractivity contribution is 0.429. The van der Waals surface area contributed by atoms with E-state index in [1.54, 1.807) is 0 Å². The van der Waals surface area contributed by atoms with Crippen molar-refractivity contribution in [1.82, 2.24) is 15.1 Å². The van der Waals surface area contributed by atoms with Crippen LogP contribution in [0.25, 0.3) is 0 Å². The minimum atomic E-state index is 0.452. The van der Waals surface area contributed by atoms with Crippen molar-refractivity contribution in [2.45, 2.75) is 46.6 Å². The number of aryl methyl sites for hydroxylation is 2. The van der Waals surface area contributed by atoms with E-state index in [1.807, 2.05) is 11.7 Å². The molecule has 1 rings (SSSR count). The second-order valence-electron chi connectivity index (χ2n) is 4.98. The van der Waals surface area contributed by atoms with E-state index in [9.17, 15) is 0 Å². The zero-order chi connectivity index (χ0) is 12.1. The molecule has 1 N–H and O–H groups in total. The Hall–Kier alpha value is -0.830. The predicted octanol–water partition coefficient (Wildman–Crippen LogP) is 2.82. The standard InChI is InChI=1S/C13H25N3/c1-6-7-14-13(8-10(2)3)12-9-16(5)15-11(12)4/h9-10,13-14H,6-8H2,1-5H3. The second kappa shape index (κ2) is 6.04. The third-order valence-electron chi connectivity index (χ3n) is 2.77. The molecule has 16 heavy (non-hydrogen) atoms. The summed E-state index contributed by atoms with van der Waals surface area (Å²) in [6.07, 6.45) is 4.49. The highest BCUT2D eigenvalue weighted by atomic mass is 15.3. The van der Waals surface area contributed by atoms with Gasteiger partial charge < -0.3 is 5.32 Å². The van der Waals surface area contributed by atoms with Crippen molar-refractivity contribution in [3.8, 4) is 0 Å². The largest absolute Gasteiger partial charge is 0.310 e. The van der Waals surface area contributed by atoms with Gasteiger partial charge in [-0.1, -0.05) is 20.8 Å². The van der Waals surface area contributed by atoms with Gasteiger partial charge in [-0.2, -0.15) is 5.10 Å². The minimum absolute atomic E-state index is 0.452. The maximum Gasteiger partial charge on any atom is 0.0641 e. The Morgan fingerprint density at radius 1 is 1.44 bits per heavy atom. The highest BCUT2D eigenvalue weighted by Crippen LogP contribution is 2.23. The Kier molecular flexibility index (Phi) is 5.00. The number of nitrogens with zero attached hydrogens (tertiary/aromatic N) is 2. The molecule has 0 aliphatic heterocycles. The third kappa shape index (κ3) is 3.63. The van der Waals surface area contributed by atoms with E-state index in [1.165, 1.54) is 18.4 Å². The molecular weight excluding hydrogens is 198 g/mol. The van der Waals surface area contributed by atoms with Crippen molar-refractivity contribution < 1.29 is 0 Å². The quantitative estimate of drug-likeness (QED) is 0.803. The van der Waals surface area contributed by atoms with Gasteiger partial charge in [0.1, 0.15) is 0 Å². The normalized spacial score (nSPS) is 13.4. The van der Waals surface area contributed by atoms with Crippen LogP contribution in [0, 0.1) is 12.8 Å². The van der Waals surface area contributed by atoms with E-state index < -0.39 is 0 Å². The van der Waals surface area contributed by atoms with Gasteiger partial charge in [0.05, 0.1) is 5.69 Å². The molecule has 0 fully saturated rings. The SMILES string of the molecule is CCCNC(CC(C)C)c1cn(C)nc1C. The molecule has 0 aliphatic rings. The third-order valence-corrected chi connectivity index (χ3v) is 2.77. The predicted molar refractivity (Wildman–Crippen MR) is 68.4 cm³/mol. The maximum atomic E-state index is 4.42. The number of rotatable bonds is 6. The molecule has 0 aliphatic carbocycles. The molecule has 0 amide bonds. The van der Waals surface area contributed by atoms with E-state index in [0.29, 0.717) is 12.0 Å². The van der Waals surface area contributed by atoms with Crippen molar-refractivity contribution >= 4 is 0 Å². The zero-order valence-corrected chi connectivity index (χ0v) is 11.2. The van der Waals surface area contributed by atoms with Crippen LogP contribution in [0.15, 0.2) is 6.20 Å². The van der Waals surface area contributed by atoms with Crippen LogP contribution in [0.5, 0.6) is 0 Å². The Morgan fingerprint density at radius 3 is 2.56 bits per heavy atom. The lowest BCUT2D eigenvalue weighted by atomic mass is 9.97. The molecule has 3 nitrogen and oxygen atoms in total. The van der Waals surface area contributed by atoms with Gasteiger partial charge in [0.2, 0.25) is 0 Å². The molecule has 0 saturated carbocycles. The van der Waals surface area contributed by atoms with Crippen molar-refractivity contribution in [2.24, 2.45) is 13.0 Å². The maximum absolute atomic E-state index is 4.42. The lowest BCUT2D eigenvalue weighted by Crippen LogP contribution is -2.23. The lowest BCUT2D eigenvalue weighted by Gasteiger charge is -2.20. The summed E-state index contributed by atoms with van der Waals surface area (Å²) in [6, 6.07) is 0.452. The van der Waals surface area contributed by atoms with Gasteiger partial charge in [-0.3, -0.25) is 4.68 Å². The van der Waals surface area contributed by atoms with Crippen LogP contribution in [0.4, 0.5) is 0 Å². The average molecular weight is 223 g/mol. The molecule has 0 saturated heterocycles. The fourth-order valence-electron chi connectivity index (χ4n) is 2.07. The summed E-state index contributed by atoms with van der Waals surface area (Å²) in [6.45, 7) is 9.91. The minimum Gasteiger partial charge on any atom is -0.310 e. The van der Waals surface area contributed by atoms with E-state index in [-0.39, 0.29) is 0 Å². The molecule has 0 bridgehead atoms. The number of hydrogen-bond acceptors (Lipinski definition) is 2. The first kappa shape index (κ1) is 13.2. The topological polar surface area (TPSA) is 29.9 Å². The van der Waals surface area contributed by atoms with Gasteiger partial charge in [0, 0.05) is 24.8 Å². The van der Waals surface area contributed by atoms with Gasteiger partial charge in [0.25, 0.3) is 0 Å². The van der Waals surface area contributed by atoms with E-state index in [4.69, 9.17) is 0 Å². The summed E-state index contributed by atoms with van der Waals surface area (Å²) in [5, 5.41) is 8.04. The van der Waals surface area contributed by atoms with Gasteiger partial charge >= 0.3 is 0 Å². The smallest absolute Gasteiger partial charge is 0.0641 e. The first-order valence-corrected chi connectivity index (χ1v) is 6.28. The van der Waals surface area contributed by atoms with Crippen molar-refractivity contribution in [3.05, 3.63) is 17.5 Å². The summed E-state index contributed by atoms with van der Waals surface area (Å²) in [5.41, 5.74) is 2.50. The highest BCUT2D eigenvalue weighted by molar-refractivity contribution is 5.20. The van der Waals surface area contributed by atoms with Crippen LogP contribution in [-0.2, 0) is 7.05 Å². The second-order valence-corrected chi connectivity index (χ2v) is 4.98. The number of aromatic nitrogens is 2. The van der Waals surface area contributed by atoms with Gasteiger partial charge in [-0.25, -0.2) is 0 Å². The monoisotopic (exact) mass is 223 g/mol. The van der Waals surface area contributed by atoms with E-state index >= 15 is 0 Å². The van der Waals surface area contributed by atoms with Gasteiger partial charge in [-0.15, -0.1) is 0 Å². The first-order chi connectivity index (χ1) is 7.54. The molecule has 0 spiro atoms. The number of hydrogen-bond donors (Lipinski definition) is 1. The molecular formula is C13H25N3.